The fourth-order valence-corrected chi connectivity index (χ4v) is 1.99. The summed E-state index contributed by atoms with van der Waals surface area (Å²) < 4.78 is 10.9. The van der Waals surface area contributed by atoms with Gasteiger partial charge >= 0.3 is 0 Å². The maximum Gasteiger partial charge on any atom is 0.298 e. The Balaban J connectivity index is 2.02. The minimum atomic E-state index is 0.416. The van der Waals surface area contributed by atoms with Gasteiger partial charge in [0.2, 0.25) is 0 Å². The van der Waals surface area contributed by atoms with Gasteiger partial charge < -0.3 is 19.8 Å². The lowest BCUT2D eigenvalue weighted by atomic mass is 10.2. The highest BCUT2D eigenvalue weighted by Crippen LogP contribution is 2.26. The third kappa shape index (κ3) is 1.80. The Hall–Kier alpha value is -2.08. The molecule has 6 nitrogen and oxygen atoms in total. The molecule has 1 aliphatic heterocycles. The van der Waals surface area contributed by atoms with Crippen molar-refractivity contribution in [3.63, 3.8) is 0 Å². The van der Waals surface area contributed by atoms with Crippen LogP contribution in [0.1, 0.15) is 10.4 Å². The van der Waals surface area contributed by atoms with Crippen molar-refractivity contribution in [1.29, 1.82) is 0 Å². The molecule has 6 heteroatoms. The molecule has 3 rings (SSSR count). The number of aromatic nitrogens is 1. The van der Waals surface area contributed by atoms with Crippen LogP contribution in [0.2, 0.25) is 0 Å². The number of carbonyl (C=O) groups excluding carboxylic acids is 1. The molecule has 0 bridgehead atoms. The molecule has 2 N–H and O–H groups in total. The fourth-order valence-electron chi connectivity index (χ4n) is 1.99. The zero-order valence-corrected chi connectivity index (χ0v) is 9.76. The van der Waals surface area contributed by atoms with Gasteiger partial charge in [0, 0.05) is 24.3 Å². The first-order valence-electron chi connectivity index (χ1n) is 5.76. The van der Waals surface area contributed by atoms with Gasteiger partial charge in [0.15, 0.2) is 11.9 Å². The third-order valence-corrected chi connectivity index (χ3v) is 2.99. The van der Waals surface area contributed by atoms with Crippen molar-refractivity contribution < 1.29 is 13.9 Å². The molecule has 18 heavy (non-hydrogen) atoms. The standard InChI is InChI=1S/C12H13N3O3/c13-9-6-10-11(5-8(9)7-16)18-12(14-10)15-1-3-17-4-2-15/h5-7H,1-4,13H2. The first kappa shape index (κ1) is 11.0. The monoisotopic (exact) mass is 247 g/mol. The largest absolute Gasteiger partial charge is 0.423 e. The van der Waals surface area contributed by atoms with E-state index in [4.69, 9.17) is 14.9 Å². The van der Waals surface area contributed by atoms with Crippen LogP contribution >= 0.6 is 0 Å². The second kappa shape index (κ2) is 4.30. The van der Waals surface area contributed by atoms with Crippen LogP contribution in [-0.4, -0.2) is 37.6 Å². The highest BCUT2D eigenvalue weighted by atomic mass is 16.5. The van der Waals surface area contributed by atoms with Crippen LogP contribution in [0.3, 0.4) is 0 Å². The Kier molecular flexibility index (Phi) is 2.64. The molecular formula is C12H13N3O3. The van der Waals surface area contributed by atoms with Gasteiger partial charge in [-0.1, -0.05) is 0 Å². The number of hydrogen-bond donors (Lipinski definition) is 1. The van der Waals surface area contributed by atoms with Crippen molar-refractivity contribution in [3.05, 3.63) is 17.7 Å². The summed E-state index contributed by atoms with van der Waals surface area (Å²) >= 11 is 0. The molecule has 0 atom stereocenters. The van der Waals surface area contributed by atoms with Gasteiger partial charge in [-0.05, 0) is 12.1 Å². The fraction of sp³-hybridized carbons (Fsp3) is 0.333. The van der Waals surface area contributed by atoms with Crippen LogP contribution in [0.15, 0.2) is 16.5 Å². The predicted octanol–water partition coefficient (Wildman–Crippen LogP) is 1.06. The van der Waals surface area contributed by atoms with E-state index in [0.29, 0.717) is 47.9 Å². The van der Waals surface area contributed by atoms with Crippen LogP contribution in [0, 0.1) is 0 Å². The first-order valence-corrected chi connectivity index (χ1v) is 5.76. The average molecular weight is 247 g/mol. The highest BCUT2D eigenvalue weighted by Gasteiger charge is 2.17. The summed E-state index contributed by atoms with van der Waals surface area (Å²) in [4.78, 5) is 17.2. The molecule has 2 heterocycles. The zero-order valence-electron chi connectivity index (χ0n) is 9.76. The molecule has 0 aliphatic carbocycles. The minimum absolute atomic E-state index is 0.416. The topological polar surface area (TPSA) is 81.6 Å². The summed E-state index contributed by atoms with van der Waals surface area (Å²) in [7, 11) is 0. The highest BCUT2D eigenvalue weighted by molar-refractivity contribution is 5.91. The number of nitrogens with two attached hydrogens (primary N) is 1. The van der Waals surface area contributed by atoms with Gasteiger partial charge in [-0.3, -0.25) is 4.79 Å². The molecule has 94 valence electrons. The maximum absolute atomic E-state index is 10.8. The van der Waals surface area contributed by atoms with E-state index in [0.717, 1.165) is 13.1 Å². The van der Waals surface area contributed by atoms with E-state index in [-0.39, 0.29) is 0 Å². The number of rotatable bonds is 2. The van der Waals surface area contributed by atoms with E-state index in [2.05, 4.69) is 4.98 Å². The molecule has 2 aromatic rings. The summed E-state index contributed by atoms with van der Waals surface area (Å²) in [6.07, 6.45) is 0.714. The molecule has 0 radical (unpaired) electrons. The van der Waals surface area contributed by atoms with E-state index in [1.54, 1.807) is 12.1 Å². The summed E-state index contributed by atoms with van der Waals surface area (Å²) in [6.45, 7) is 2.84. The molecule has 0 saturated carbocycles. The Labute approximate surface area is 103 Å². The Morgan fingerprint density at radius 3 is 2.83 bits per heavy atom. The van der Waals surface area contributed by atoms with E-state index in [9.17, 15) is 4.79 Å². The number of oxazole rings is 1. The third-order valence-electron chi connectivity index (χ3n) is 2.99. The van der Waals surface area contributed by atoms with Gasteiger partial charge in [-0.2, -0.15) is 4.98 Å². The lowest BCUT2D eigenvalue weighted by Crippen LogP contribution is -2.36. The number of benzene rings is 1. The van der Waals surface area contributed by atoms with Crippen LogP contribution in [-0.2, 0) is 4.74 Å². The van der Waals surface area contributed by atoms with Crippen molar-refractivity contribution in [1.82, 2.24) is 4.98 Å². The number of ether oxygens (including phenoxy) is 1. The molecule has 1 aromatic carbocycles. The number of fused-ring (bicyclic) bond motifs is 1. The predicted molar refractivity (Wildman–Crippen MR) is 66.8 cm³/mol. The molecule has 1 fully saturated rings. The number of carbonyl (C=O) groups is 1. The van der Waals surface area contributed by atoms with Crippen LogP contribution in [0.4, 0.5) is 11.7 Å². The van der Waals surface area contributed by atoms with Gasteiger partial charge in [-0.15, -0.1) is 0 Å². The molecule has 1 aliphatic rings. The zero-order chi connectivity index (χ0) is 12.5. The van der Waals surface area contributed by atoms with E-state index in [1.165, 1.54) is 0 Å². The maximum atomic E-state index is 10.8. The van der Waals surface area contributed by atoms with Gasteiger partial charge in [0.25, 0.3) is 6.01 Å². The van der Waals surface area contributed by atoms with Gasteiger partial charge in [-0.25, -0.2) is 0 Å². The summed E-state index contributed by atoms with van der Waals surface area (Å²) in [6, 6.07) is 3.83. The van der Waals surface area contributed by atoms with Gasteiger partial charge in [0.1, 0.15) is 5.52 Å². The number of hydrogen-bond acceptors (Lipinski definition) is 6. The SMILES string of the molecule is Nc1cc2nc(N3CCOCC3)oc2cc1C=O. The Morgan fingerprint density at radius 2 is 2.11 bits per heavy atom. The van der Waals surface area contributed by atoms with Crippen LogP contribution < -0.4 is 10.6 Å². The summed E-state index contributed by atoms with van der Waals surface area (Å²) in [5, 5.41) is 0. The van der Waals surface area contributed by atoms with E-state index < -0.39 is 0 Å². The minimum Gasteiger partial charge on any atom is -0.423 e. The normalized spacial score (nSPS) is 16.1. The second-order valence-corrected chi connectivity index (χ2v) is 4.16. The quantitative estimate of drug-likeness (QED) is 0.631. The second-order valence-electron chi connectivity index (χ2n) is 4.16. The van der Waals surface area contributed by atoms with E-state index >= 15 is 0 Å². The van der Waals surface area contributed by atoms with Crippen molar-refractivity contribution in [3.8, 4) is 0 Å². The molecular weight excluding hydrogens is 234 g/mol. The molecule has 0 spiro atoms. The van der Waals surface area contributed by atoms with Crippen molar-refractivity contribution >= 4 is 29.1 Å². The number of morpholine rings is 1. The summed E-state index contributed by atoms with van der Waals surface area (Å²) in [5.74, 6) is 0. The molecule has 0 unspecified atom stereocenters. The van der Waals surface area contributed by atoms with Crippen LogP contribution in [0.25, 0.3) is 11.1 Å². The average Bonchev–Trinajstić information content (AvgIpc) is 2.81. The molecule has 0 amide bonds. The smallest absolute Gasteiger partial charge is 0.298 e. The number of aldehydes is 1. The Bertz CT molecular complexity index is 588. The summed E-state index contributed by atoms with van der Waals surface area (Å²) in [5.41, 5.74) is 7.82. The van der Waals surface area contributed by atoms with Crippen molar-refractivity contribution in [2.24, 2.45) is 0 Å². The molecule has 1 aromatic heterocycles. The lowest BCUT2D eigenvalue weighted by Gasteiger charge is -2.24. The number of nitrogen functional groups attached to an aromatic ring is 1. The van der Waals surface area contributed by atoms with Crippen LogP contribution in [0.5, 0.6) is 0 Å². The number of anilines is 2. The number of nitrogens with zero attached hydrogens (tertiary/aromatic N) is 2. The van der Waals surface area contributed by atoms with Gasteiger partial charge in [0.05, 0.1) is 13.2 Å². The molecule has 1 saturated heterocycles. The van der Waals surface area contributed by atoms with Crippen molar-refractivity contribution in [2.45, 2.75) is 0 Å². The van der Waals surface area contributed by atoms with Crippen molar-refractivity contribution in [2.75, 3.05) is 36.9 Å². The first-order chi connectivity index (χ1) is 8.78. The lowest BCUT2D eigenvalue weighted by molar-refractivity contribution is 0.112. The van der Waals surface area contributed by atoms with E-state index in [1.807, 2.05) is 4.90 Å². The Morgan fingerprint density at radius 1 is 1.33 bits per heavy atom.